The summed E-state index contributed by atoms with van der Waals surface area (Å²) in [5.74, 6) is 0.785. The van der Waals surface area contributed by atoms with Crippen molar-refractivity contribution in [2.45, 2.75) is 38.1 Å². The first-order valence-corrected chi connectivity index (χ1v) is 12.5. The number of nitrogens with zero attached hydrogens (tertiary/aromatic N) is 6. The fourth-order valence-corrected chi connectivity index (χ4v) is 4.98. The lowest BCUT2D eigenvalue weighted by Crippen LogP contribution is -2.55. The molecule has 2 aliphatic rings. The van der Waals surface area contributed by atoms with Gasteiger partial charge in [0, 0.05) is 45.3 Å². The maximum absolute atomic E-state index is 14.8. The number of rotatable bonds is 5. The van der Waals surface area contributed by atoms with E-state index < -0.39 is 29.5 Å². The van der Waals surface area contributed by atoms with Gasteiger partial charge in [0.2, 0.25) is 5.95 Å². The molecule has 2 aromatic rings. The van der Waals surface area contributed by atoms with Crippen LogP contribution in [0.3, 0.4) is 0 Å². The van der Waals surface area contributed by atoms with Crippen molar-refractivity contribution in [2.24, 2.45) is 5.92 Å². The fourth-order valence-electron chi connectivity index (χ4n) is 4.44. The summed E-state index contributed by atoms with van der Waals surface area (Å²) < 4.78 is 33.6. The Morgan fingerprint density at radius 2 is 2.03 bits per heavy atom. The third-order valence-electron chi connectivity index (χ3n) is 6.45. The lowest BCUT2D eigenvalue weighted by Gasteiger charge is -2.39. The van der Waals surface area contributed by atoms with Crippen molar-refractivity contribution in [3.8, 4) is 0 Å². The normalized spacial score (nSPS) is 24.8. The summed E-state index contributed by atoms with van der Waals surface area (Å²) >= 11 is 0.688. The van der Waals surface area contributed by atoms with Crippen LogP contribution in [0, 0.1) is 11.0 Å². The zero-order valence-corrected chi connectivity index (χ0v) is 21.2. The Morgan fingerprint density at radius 3 is 2.75 bits per heavy atom. The number of halogens is 2. The summed E-state index contributed by atoms with van der Waals surface area (Å²) in [5, 5.41) is 4.69. The molecule has 4 heterocycles. The van der Waals surface area contributed by atoms with Gasteiger partial charge >= 0.3 is 12.1 Å². The minimum absolute atomic E-state index is 0.0936. The maximum Gasteiger partial charge on any atom is 0.413 e. The Labute approximate surface area is 211 Å². The van der Waals surface area contributed by atoms with E-state index in [9.17, 15) is 18.4 Å². The molecule has 0 unspecified atom stereocenters. The largest absolute Gasteiger partial charge is 0.446 e. The van der Waals surface area contributed by atoms with E-state index in [4.69, 9.17) is 4.74 Å². The van der Waals surface area contributed by atoms with E-state index in [1.165, 1.54) is 18.1 Å². The van der Waals surface area contributed by atoms with Crippen LogP contribution in [-0.2, 0) is 4.74 Å². The summed E-state index contributed by atoms with van der Waals surface area (Å²) in [6.45, 7) is 4.24. The summed E-state index contributed by atoms with van der Waals surface area (Å²) in [4.78, 5) is 42.6. The number of anilines is 3. The van der Waals surface area contributed by atoms with E-state index in [1.54, 1.807) is 11.0 Å². The molecule has 0 radical (unpaired) electrons. The van der Waals surface area contributed by atoms with Gasteiger partial charge in [-0.2, -0.15) is 9.37 Å². The monoisotopic (exact) mass is 524 g/mol. The number of hydrogen-bond acceptors (Lipinski definition) is 9. The highest BCUT2D eigenvalue weighted by molar-refractivity contribution is 7.14. The SMILES string of the molecule is C[C@H]1CN(C)CC[C@H]1OC(=O)Nc1ccnc(N2CC[C@@H](F)[C@@H](N(C)C(=O)Nc3ncc(F)s3)C2)n1. The van der Waals surface area contributed by atoms with Crippen molar-refractivity contribution >= 4 is 40.4 Å². The van der Waals surface area contributed by atoms with Gasteiger partial charge in [-0.25, -0.2) is 23.9 Å². The minimum Gasteiger partial charge on any atom is -0.446 e. The number of likely N-dealkylation sites (tertiary alicyclic amines) is 1. The van der Waals surface area contributed by atoms with Gasteiger partial charge in [0.05, 0.1) is 12.2 Å². The first-order chi connectivity index (χ1) is 17.2. The Bertz CT molecular complexity index is 1080. The summed E-state index contributed by atoms with van der Waals surface area (Å²) in [7, 11) is 3.51. The summed E-state index contributed by atoms with van der Waals surface area (Å²) in [6.07, 6.45) is 1.40. The standard InChI is InChI=1S/C22H30F2N8O3S/c1-13-11-30(2)8-6-16(13)35-22(34)28-18-4-7-25-19(27-18)32-9-5-14(23)15(12-32)31(3)21(33)29-20-26-10-17(24)36-20/h4,7,10,13-16H,5-6,8-9,11-12H2,1-3H3,(H,26,29,33)(H,25,27,28,34)/t13-,14+,15-,16+/m0/s1. The first-order valence-electron chi connectivity index (χ1n) is 11.7. The zero-order chi connectivity index (χ0) is 25.8. The molecular formula is C22H30F2N8O3S. The molecule has 2 N–H and O–H groups in total. The van der Waals surface area contributed by atoms with Gasteiger partial charge in [-0.05, 0) is 26.0 Å². The molecule has 14 heteroatoms. The topological polar surface area (TPSA) is 116 Å². The lowest BCUT2D eigenvalue weighted by atomic mass is 9.97. The summed E-state index contributed by atoms with van der Waals surface area (Å²) in [6, 6.07) is 0.162. The quantitative estimate of drug-likeness (QED) is 0.613. The maximum atomic E-state index is 14.8. The number of amides is 3. The van der Waals surface area contributed by atoms with Gasteiger partial charge in [0.1, 0.15) is 18.1 Å². The molecular weight excluding hydrogens is 494 g/mol. The van der Waals surface area contributed by atoms with Crippen LogP contribution in [0.15, 0.2) is 18.5 Å². The van der Waals surface area contributed by atoms with Crippen LogP contribution < -0.4 is 15.5 Å². The molecule has 4 rings (SSSR count). The van der Waals surface area contributed by atoms with Crippen LogP contribution in [0.25, 0.3) is 0 Å². The van der Waals surface area contributed by atoms with Crippen LogP contribution >= 0.6 is 11.3 Å². The van der Waals surface area contributed by atoms with Gasteiger partial charge in [0.25, 0.3) is 0 Å². The average molecular weight is 525 g/mol. The highest BCUT2D eigenvalue weighted by Crippen LogP contribution is 2.24. The molecule has 36 heavy (non-hydrogen) atoms. The molecule has 0 aliphatic carbocycles. The second-order valence-corrected chi connectivity index (χ2v) is 10.1. The van der Waals surface area contributed by atoms with Crippen molar-refractivity contribution in [1.29, 1.82) is 0 Å². The predicted octanol–water partition coefficient (Wildman–Crippen LogP) is 3.04. The smallest absolute Gasteiger partial charge is 0.413 e. The molecule has 0 bridgehead atoms. The van der Waals surface area contributed by atoms with E-state index in [0.29, 0.717) is 23.8 Å². The van der Waals surface area contributed by atoms with Crippen molar-refractivity contribution in [2.75, 3.05) is 55.8 Å². The third kappa shape index (κ3) is 6.35. The first kappa shape index (κ1) is 25.9. The number of nitrogens with one attached hydrogen (secondary N) is 2. The highest BCUT2D eigenvalue weighted by Gasteiger charge is 2.35. The van der Waals surface area contributed by atoms with Crippen molar-refractivity contribution < 1.29 is 23.1 Å². The van der Waals surface area contributed by atoms with Crippen LogP contribution in [0.5, 0.6) is 0 Å². The van der Waals surface area contributed by atoms with Gasteiger partial charge in [-0.3, -0.25) is 10.6 Å². The van der Waals surface area contributed by atoms with Gasteiger partial charge in [-0.1, -0.05) is 18.3 Å². The van der Waals surface area contributed by atoms with E-state index in [1.807, 2.05) is 14.0 Å². The number of likely N-dealkylation sites (N-methyl/N-ethyl adjacent to an activating group) is 1. The van der Waals surface area contributed by atoms with E-state index in [-0.39, 0.29) is 35.9 Å². The van der Waals surface area contributed by atoms with Gasteiger partial charge < -0.3 is 19.4 Å². The molecule has 0 aromatic carbocycles. The number of carbonyl (C=O) groups excluding carboxylic acids is 2. The molecule has 0 saturated carbocycles. The number of hydrogen-bond donors (Lipinski definition) is 2. The molecule has 4 atom stereocenters. The molecule has 0 spiro atoms. The number of urea groups is 1. The average Bonchev–Trinajstić information content (AvgIpc) is 3.25. The highest BCUT2D eigenvalue weighted by atomic mass is 32.1. The number of alkyl halides is 1. The number of piperidine rings is 2. The number of carbonyl (C=O) groups is 2. The van der Waals surface area contributed by atoms with Crippen LogP contribution in [0.2, 0.25) is 0 Å². The van der Waals surface area contributed by atoms with E-state index in [2.05, 4.69) is 30.5 Å². The second kappa shape index (κ2) is 11.3. The Kier molecular flexibility index (Phi) is 8.14. The number of aromatic nitrogens is 3. The minimum atomic E-state index is -1.27. The molecule has 2 aliphatic heterocycles. The summed E-state index contributed by atoms with van der Waals surface area (Å²) in [5.41, 5.74) is 0. The van der Waals surface area contributed by atoms with Gasteiger partial charge in [0.15, 0.2) is 10.3 Å². The van der Waals surface area contributed by atoms with Crippen LogP contribution in [0.1, 0.15) is 19.8 Å². The Morgan fingerprint density at radius 1 is 1.22 bits per heavy atom. The van der Waals surface area contributed by atoms with E-state index in [0.717, 1.165) is 25.7 Å². The molecule has 2 fully saturated rings. The molecule has 11 nitrogen and oxygen atoms in total. The molecule has 2 aromatic heterocycles. The fraction of sp³-hybridized carbons (Fsp3) is 0.591. The third-order valence-corrected chi connectivity index (χ3v) is 7.15. The van der Waals surface area contributed by atoms with E-state index >= 15 is 0 Å². The lowest BCUT2D eigenvalue weighted by molar-refractivity contribution is 0.0284. The zero-order valence-electron chi connectivity index (χ0n) is 20.4. The molecule has 2 saturated heterocycles. The molecule has 196 valence electrons. The molecule has 3 amide bonds. The van der Waals surface area contributed by atoms with Crippen LogP contribution in [-0.4, -0.2) is 95.5 Å². The number of ether oxygens (including phenoxy) is 1. The van der Waals surface area contributed by atoms with Gasteiger partial charge in [-0.15, -0.1) is 0 Å². The Hall–Kier alpha value is -3.13. The van der Waals surface area contributed by atoms with Crippen molar-refractivity contribution in [3.63, 3.8) is 0 Å². The van der Waals surface area contributed by atoms with Crippen molar-refractivity contribution in [3.05, 3.63) is 23.6 Å². The van der Waals surface area contributed by atoms with Crippen LogP contribution in [0.4, 0.5) is 35.3 Å². The second-order valence-electron chi connectivity index (χ2n) is 9.17. The number of thiazole rings is 1. The van der Waals surface area contributed by atoms with Crippen molar-refractivity contribution in [1.82, 2.24) is 24.8 Å². The predicted molar refractivity (Wildman–Crippen MR) is 132 cm³/mol. The Balaban J connectivity index is 1.36.